The Bertz CT molecular complexity index is 407. The van der Waals surface area contributed by atoms with Crippen LogP contribution in [0.15, 0.2) is 23.1 Å². The molecule has 0 bridgehead atoms. The highest BCUT2D eigenvalue weighted by Gasteiger charge is 2.12. The lowest BCUT2D eigenvalue weighted by atomic mass is 10.2. The summed E-state index contributed by atoms with van der Waals surface area (Å²) >= 11 is 0. The smallest absolute Gasteiger partial charge is 0.179 e. The third kappa shape index (κ3) is 2.21. The van der Waals surface area contributed by atoms with Gasteiger partial charge in [0.05, 0.1) is 0 Å². The number of benzene rings is 1. The molecular formula is C9H12O3S. The first kappa shape index (κ1) is 10.1. The molecule has 72 valence electrons. The minimum Gasteiger partial charge on any atom is -0.507 e. The Balaban J connectivity index is 3.29. The zero-order valence-electron chi connectivity index (χ0n) is 7.61. The first-order valence-corrected chi connectivity index (χ1v) is 5.86. The molecule has 0 fully saturated rings. The molecule has 0 saturated carbocycles. The Hall–Kier alpha value is -1.03. The van der Waals surface area contributed by atoms with E-state index in [9.17, 15) is 13.5 Å². The second-order valence-corrected chi connectivity index (χ2v) is 4.91. The van der Waals surface area contributed by atoms with Crippen molar-refractivity contribution in [3.05, 3.63) is 23.8 Å². The van der Waals surface area contributed by atoms with E-state index in [1.54, 1.807) is 6.07 Å². The number of phenols is 1. The Morgan fingerprint density at radius 1 is 1.38 bits per heavy atom. The minimum atomic E-state index is -3.31. The van der Waals surface area contributed by atoms with E-state index in [-0.39, 0.29) is 10.6 Å². The lowest BCUT2D eigenvalue weighted by Gasteiger charge is -2.03. The summed E-state index contributed by atoms with van der Waals surface area (Å²) in [5.41, 5.74) is 0.921. The largest absolute Gasteiger partial charge is 0.507 e. The van der Waals surface area contributed by atoms with Gasteiger partial charge in [0.25, 0.3) is 0 Å². The van der Waals surface area contributed by atoms with Crippen LogP contribution in [0.1, 0.15) is 12.5 Å². The monoisotopic (exact) mass is 200 g/mol. The van der Waals surface area contributed by atoms with Crippen molar-refractivity contribution in [3.63, 3.8) is 0 Å². The summed E-state index contributed by atoms with van der Waals surface area (Å²) in [4.78, 5) is -0.00954. The predicted molar refractivity (Wildman–Crippen MR) is 50.6 cm³/mol. The van der Waals surface area contributed by atoms with Crippen LogP contribution < -0.4 is 0 Å². The van der Waals surface area contributed by atoms with Gasteiger partial charge in [-0.05, 0) is 24.1 Å². The molecular weight excluding hydrogens is 188 g/mol. The maximum absolute atomic E-state index is 11.1. The number of sulfone groups is 1. The van der Waals surface area contributed by atoms with E-state index in [0.29, 0.717) is 0 Å². The molecule has 4 heteroatoms. The van der Waals surface area contributed by atoms with Crippen molar-refractivity contribution in [2.24, 2.45) is 0 Å². The molecule has 0 aliphatic carbocycles. The molecule has 1 aromatic carbocycles. The highest BCUT2D eigenvalue weighted by molar-refractivity contribution is 7.90. The van der Waals surface area contributed by atoms with Gasteiger partial charge in [0.15, 0.2) is 9.84 Å². The summed E-state index contributed by atoms with van der Waals surface area (Å²) < 4.78 is 22.2. The standard InChI is InChI=1S/C9H12O3S/c1-3-7-4-5-9(8(10)6-7)13(2,11)12/h4-6,10H,3H2,1-2H3. The Morgan fingerprint density at radius 3 is 2.38 bits per heavy atom. The molecule has 3 nitrogen and oxygen atoms in total. The van der Waals surface area contributed by atoms with Crippen molar-refractivity contribution in [1.29, 1.82) is 0 Å². The van der Waals surface area contributed by atoms with Gasteiger partial charge in [0, 0.05) is 6.26 Å². The quantitative estimate of drug-likeness (QED) is 0.784. The molecule has 13 heavy (non-hydrogen) atoms. The topological polar surface area (TPSA) is 54.4 Å². The summed E-state index contributed by atoms with van der Waals surface area (Å²) in [6.45, 7) is 1.94. The van der Waals surface area contributed by atoms with Crippen LogP contribution in [0.5, 0.6) is 5.75 Å². The van der Waals surface area contributed by atoms with Gasteiger partial charge in [0.2, 0.25) is 0 Å². The number of phenolic OH excluding ortho intramolecular Hbond substituents is 1. The summed E-state index contributed by atoms with van der Waals surface area (Å²) in [6.07, 6.45) is 1.85. The van der Waals surface area contributed by atoms with Gasteiger partial charge in [-0.2, -0.15) is 0 Å². The normalized spacial score (nSPS) is 11.5. The summed E-state index contributed by atoms with van der Waals surface area (Å²) in [5, 5.41) is 9.38. The van der Waals surface area contributed by atoms with E-state index in [4.69, 9.17) is 0 Å². The molecule has 1 rings (SSSR count). The first-order valence-electron chi connectivity index (χ1n) is 3.97. The van der Waals surface area contributed by atoms with Gasteiger partial charge in [0.1, 0.15) is 10.6 Å². The first-order chi connectivity index (χ1) is 5.95. The van der Waals surface area contributed by atoms with E-state index in [0.717, 1.165) is 18.2 Å². The van der Waals surface area contributed by atoms with E-state index in [2.05, 4.69) is 0 Å². The van der Waals surface area contributed by atoms with Crippen LogP contribution >= 0.6 is 0 Å². The van der Waals surface area contributed by atoms with Gasteiger partial charge in [-0.3, -0.25) is 0 Å². The highest BCUT2D eigenvalue weighted by atomic mass is 32.2. The third-order valence-electron chi connectivity index (χ3n) is 1.83. The van der Waals surface area contributed by atoms with Crippen LogP contribution in [-0.4, -0.2) is 19.8 Å². The number of aryl methyl sites for hydroxylation is 1. The number of hydrogen-bond acceptors (Lipinski definition) is 3. The lowest BCUT2D eigenvalue weighted by Crippen LogP contribution is -1.97. The van der Waals surface area contributed by atoms with Crippen molar-refractivity contribution >= 4 is 9.84 Å². The van der Waals surface area contributed by atoms with Gasteiger partial charge in [-0.1, -0.05) is 13.0 Å². The summed E-state index contributed by atoms with van der Waals surface area (Å²) in [5.74, 6) is -0.165. The van der Waals surface area contributed by atoms with Crippen LogP contribution in [0.4, 0.5) is 0 Å². The van der Waals surface area contributed by atoms with Crippen molar-refractivity contribution in [2.45, 2.75) is 18.2 Å². The van der Waals surface area contributed by atoms with Gasteiger partial charge >= 0.3 is 0 Å². The zero-order valence-corrected chi connectivity index (χ0v) is 8.43. The van der Waals surface area contributed by atoms with Crippen molar-refractivity contribution in [2.75, 3.05) is 6.26 Å². The summed E-state index contributed by atoms with van der Waals surface area (Å²) in [6, 6.07) is 4.62. The number of rotatable bonds is 2. The van der Waals surface area contributed by atoms with Crippen LogP contribution in [0.25, 0.3) is 0 Å². The van der Waals surface area contributed by atoms with Gasteiger partial charge in [-0.25, -0.2) is 8.42 Å². The molecule has 0 aliphatic rings. The molecule has 0 atom stereocenters. The summed E-state index contributed by atoms with van der Waals surface area (Å²) in [7, 11) is -3.31. The molecule has 1 N–H and O–H groups in total. The zero-order chi connectivity index (χ0) is 10.1. The van der Waals surface area contributed by atoms with Crippen LogP contribution in [0.2, 0.25) is 0 Å². The molecule has 0 amide bonds. The van der Waals surface area contributed by atoms with Crippen molar-refractivity contribution in [1.82, 2.24) is 0 Å². The number of hydrogen-bond donors (Lipinski definition) is 1. The van der Waals surface area contributed by atoms with Crippen molar-refractivity contribution in [3.8, 4) is 5.75 Å². The van der Waals surface area contributed by atoms with E-state index < -0.39 is 9.84 Å². The molecule has 0 spiro atoms. The van der Waals surface area contributed by atoms with Crippen LogP contribution in [0, 0.1) is 0 Å². The highest BCUT2D eigenvalue weighted by Crippen LogP contribution is 2.23. The molecule has 0 radical (unpaired) electrons. The van der Waals surface area contributed by atoms with Gasteiger partial charge < -0.3 is 5.11 Å². The second-order valence-electron chi connectivity index (χ2n) is 2.93. The predicted octanol–water partition coefficient (Wildman–Crippen LogP) is 1.36. The van der Waals surface area contributed by atoms with E-state index >= 15 is 0 Å². The minimum absolute atomic E-state index is 0.00954. The average molecular weight is 200 g/mol. The number of aromatic hydroxyl groups is 1. The fraction of sp³-hybridized carbons (Fsp3) is 0.333. The fourth-order valence-corrected chi connectivity index (χ4v) is 1.85. The lowest BCUT2D eigenvalue weighted by molar-refractivity contribution is 0.458. The van der Waals surface area contributed by atoms with E-state index in [1.165, 1.54) is 12.1 Å². The van der Waals surface area contributed by atoms with Crippen LogP contribution in [-0.2, 0) is 16.3 Å². The third-order valence-corrected chi connectivity index (χ3v) is 2.98. The maximum atomic E-state index is 11.1. The molecule has 0 aliphatic heterocycles. The maximum Gasteiger partial charge on any atom is 0.179 e. The fourth-order valence-electron chi connectivity index (χ4n) is 1.10. The molecule has 0 unspecified atom stereocenters. The SMILES string of the molecule is CCc1ccc(S(C)(=O)=O)c(O)c1. The Labute approximate surface area is 77.9 Å². The average Bonchev–Trinajstić information content (AvgIpc) is 2.01. The second kappa shape index (κ2) is 3.38. The Kier molecular flexibility index (Phi) is 2.61. The molecule has 1 aromatic rings. The van der Waals surface area contributed by atoms with Crippen LogP contribution in [0.3, 0.4) is 0 Å². The Morgan fingerprint density at radius 2 is 2.00 bits per heavy atom. The van der Waals surface area contributed by atoms with Crippen molar-refractivity contribution < 1.29 is 13.5 Å². The molecule has 0 heterocycles. The molecule has 0 saturated heterocycles. The molecule has 0 aromatic heterocycles. The van der Waals surface area contributed by atoms with Gasteiger partial charge in [-0.15, -0.1) is 0 Å². The van der Waals surface area contributed by atoms with E-state index in [1.807, 2.05) is 6.92 Å².